The van der Waals surface area contributed by atoms with E-state index in [0.29, 0.717) is 0 Å². The predicted molar refractivity (Wildman–Crippen MR) is 90.0 cm³/mol. The molecule has 0 aliphatic carbocycles. The van der Waals surface area contributed by atoms with Gasteiger partial charge in [0, 0.05) is 16.5 Å². The van der Waals surface area contributed by atoms with Crippen LogP contribution in [0.2, 0.25) is 5.02 Å². The summed E-state index contributed by atoms with van der Waals surface area (Å²) >= 11 is 5.93. The highest BCUT2D eigenvalue weighted by molar-refractivity contribution is 6.30. The Bertz CT molecular complexity index is 766. The van der Waals surface area contributed by atoms with Crippen LogP contribution in [0.5, 0.6) is 0 Å². The maximum atomic E-state index is 5.93. The lowest BCUT2D eigenvalue weighted by Crippen LogP contribution is -2.09. The quantitative estimate of drug-likeness (QED) is 0.703. The van der Waals surface area contributed by atoms with Gasteiger partial charge in [-0.2, -0.15) is 0 Å². The number of benzene rings is 2. The van der Waals surface area contributed by atoms with Gasteiger partial charge in [0.05, 0.1) is 5.52 Å². The Kier molecular flexibility index (Phi) is 3.80. The van der Waals surface area contributed by atoms with Crippen LogP contribution in [0, 0.1) is 6.92 Å². The minimum absolute atomic E-state index is 0.176. The van der Waals surface area contributed by atoms with Crippen LogP contribution >= 0.6 is 11.6 Å². The summed E-state index contributed by atoms with van der Waals surface area (Å²) in [4.78, 5) is 4.72. The number of nitrogens with one attached hydrogen (secondary N) is 1. The molecule has 1 unspecified atom stereocenters. The molecule has 1 N–H and O–H groups in total. The van der Waals surface area contributed by atoms with E-state index in [0.717, 1.165) is 21.9 Å². The first kappa shape index (κ1) is 13.9. The number of anilines is 1. The van der Waals surface area contributed by atoms with Gasteiger partial charge in [0.2, 0.25) is 0 Å². The van der Waals surface area contributed by atoms with Gasteiger partial charge < -0.3 is 5.32 Å². The molecular weight excluding hydrogens is 280 g/mol. The Balaban J connectivity index is 1.90. The largest absolute Gasteiger partial charge is 0.363 e. The van der Waals surface area contributed by atoms with Crippen molar-refractivity contribution in [2.45, 2.75) is 19.9 Å². The van der Waals surface area contributed by atoms with Gasteiger partial charge in [-0.25, -0.2) is 4.98 Å². The highest BCUT2D eigenvalue weighted by atomic mass is 35.5. The summed E-state index contributed by atoms with van der Waals surface area (Å²) in [5.41, 5.74) is 3.34. The molecule has 1 heterocycles. The van der Waals surface area contributed by atoms with E-state index >= 15 is 0 Å². The summed E-state index contributed by atoms with van der Waals surface area (Å²) in [6, 6.07) is 18.4. The minimum Gasteiger partial charge on any atom is -0.363 e. The first-order valence-corrected chi connectivity index (χ1v) is 7.39. The van der Waals surface area contributed by atoms with E-state index in [-0.39, 0.29) is 6.04 Å². The molecule has 2 nitrogen and oxygen atoms in total. The second-order valence-corrected chi connectivity index (χ2v) is 5.70. The summed E-state index contributed by atoms with van der Waals surface area (Å²) in [6.07, 6.45) is 0. The Morgan fingerprint density at radius 2 is 1.76 bits per heavy atom. The van der Waals surface area contributed by atoms with Crippen molar-refractivity contribution in [1.82, 2.24) is 4.98 Å². The number of hydrogen-bond acceptors (Lipinski definition) is 2. The summed E-state index contributed by atoms with van der Waals surface area (Å²) in [7, 11) is 0. The van der Waals surface area contributed by atoms with Crippen molar-refractivity contribution in [2.75, 3.05) is 5.32 Å². The second-order valence-electron chi connectivity index (χ2n) is 5.26. The Morgan fingerprint density at radius 1 is 1.05 bits per heavy atom. The van der Waals surface area contributed by atoms with Gasteiger partial charge >= 0.3 is 0 Å². The number of halogens is 1. The van der Waals surface area contributed by atoms with Gasteiger partial charge in [-0.15, -0.1) is 0 Å². The van der Waals surface area contributed by atoms with Crippen molar-refractivity contribution in [3.63, 3.8) is 0 Å². The van der Waals surface area contributed by atoms with Crippen molar-refractivity contribution >= 4 is 28.3 Å². The van der Waals surface area contributed by atoms with E-state index in [1.807, 2.05) is 42.5 Å². The van der Waals surface area contributed by atoms with Crippen molar-refractivity contribution in [1.29, 1.82) is 0 Å². The highest BCUT2D eigenvalue weighted by Gasteiger charge is 2.09. The van der Waals surface area contributed by atoms with Crippen molar-refractivity contribution < 1.29 is 0 Å². The van der Waals surface area contributed by atoms with Crippen LogP contribution < -0.4 is 5.32 Å². The third-order valence-electron chi connectivity index (χ3n) is 3.64. The van der Waals surface area contributed by atoms with Crippen molar-refractivity contribution in [3.8, 4) is 0 Å². The Hall–Kier alpha value is -2.06. The molecule has 0 fully saturated rings. The first-order valence-electron chi connectivity index (χ1n) is 7.02. The van der Waals surface area contributed by atoms with E-state index in [2.05, 4.69) is 31.3 Å². The molecule has 0 spiro atoms. The SMILES string of the molecule is Cc1cc2ccccc2nc1NC(C)c1ccc(Cl)cc1. The van der Waals surface area contributed by atoms with Gasteiger partial charge in [-0.1, -0.05) is 41.9 Å². The average Bonchev–Trinajstić information content (AvgIpc) is 2.48. The summed E-state index contributed by atoms with van der Waals surface area (Å²) < 4.78 is 0. The third kappa shape index (κ3) is 3.01. The fraction of sp³-hybridized carbons (Fsp3) is 0.167. The number of aromatic nitrogens is 1. The number of fused-ring (bicyclic) bond motifs is 1. The molecule has 0 radical (unpaired) electrons. The molecular formula is C18H17ClN2. The minimum atomic E-state index is 0.176. The normalized spacial score (nSPS) is 12.3. The first-order chi connectivity index (χ1) is 10.1. The molecule has 3 rings (SSSR count). The molecule has 1 atom stereocenters. The molecule has 0 amide bonds. The number of para-hydroxylation sites is 1. The Labute approximate surface area is 129 Å². The molecule has 1 aromatic heterocycles. The zero-order valence-electron chi connectivity index (χ0n) is 12.1. The van der Waals surface area contributed by atoms with E-state index in [4.69, 9.17) is 16.6 Å². The molecule has 0 aliphatic heterocycles. The van der Waals surface area contributed by atoms with E-state index in [1.54, 1.807) is 0 Å². The van der Waals surface area contributed by atoms with Crippen LogP contribution in [0.25, 0.3) is 10.9 Å². The van der Waals surface area contributed by atoms with Crippen molar-refractivity contribution in [2.24, 2.45) is 0 Å². The lowest BCUT2D eigenvalue weighted by Gasteiger charge is -2.17. The van der Waals surface area contributed by atoms with Crippen LogP contribution in [-0.4, -0.2) is 4.98 Å². The molecule has 0 aliphatic rings. The van der Waals surface area contributed by atoms with Crippen LogP contribution in [0.4, 0.5) is 5.82 Å². The number of hydrogen-bond donors (Lipinski definition) is 1. The fourth-order valence-corrected chi connectivity index (χ4v) is 2.53. The maximum absolute atomic E-state index is 5.93. The van der Waals surface area contributed by atoms with Crippen LogP contribution in [0.3, 0.4) is 0 Å². The number of pyridine rings is 1. The maximum Gasteiger partial charge on any atom is 0.130 e. The lowest BCUT2D eigenvalue weighted by molar-refractivity contribution is 0.874. The van der Waals surface area contributed by atoms with E-state index in [9.17, 15) is 0 Å². The van der Waals surface area contributed by atoms with Crippen LogP contribution in [0.1, 0.15) is 24.1 Å². The topological polar surface area (TPSA) is 24.9 Å². The van der Waals surface area contributed by atoms with Gasteiger partial charge in [-0.05, 0) is 49.2 Å². The molecule has 3 aromatic rings. The third-order valence-corrected chi connectivity index (χ3v) is 3.89. The van der Waals surface area contributed by atoms with Crippen LogP contribution in [0.15, 0.2) is 54.6 Å². The predicted octanol–water partition coefficient (Wildman–Crippen LogP) is 5.37. The number of nitrogens with zero attached hydrogens (tertiary/aromatic N) is 1. The zero-order valence-corrected chi connectivity index (χ0v) is 12.9. The summed E-state index contributed by atoms with van der Waals surface area (Å²) in [5.74, 6) is 0.927. The Morgan fingerprint density at radius 3 is 2.52 bits per heavy atom. The van der Waals surface area contributed by atoms with Gasteiger partial charge in [0.25, 0.3) is 0 Å². The molecule has 106 valence electrons. The zero-order chi connectivity index (χ0) is 14.8. The molecule has 0 bridgehead atoms. The van der Waals surface area contributed by atoms with Gasteiger partial charge in [0.1, 0.15) is 5.82 Å². The molecule has 2 aromatic carbocycles. The van der Waals surface area contributed by atoms with Crippen LogP contribution in [-0.2, 0) is 0 Å². The fourth-order valence-electron chi connectivity index (χ4n) is 2.41. The molecule has 0 saturated heterocycles. The molecule has 0 saturated carbocycles. The van der Waals surface area contributed by atoms with Crippen molar-refractivity contribution in [3.05, 3.63) is 70.7 Å². The molecule has 3 heteroatoms. The van der Waals surface area contributed by atoms with E-state index in [1.165, 1.54) is 10.9 Å². The monoisotopic (exact) mass is 296 g/mol. The second kappa shape index (κ2) is 5.74. The smallest absolute Gasteiger partial charge is 0.130 e. The lowest BCUT2D eigenvalue weighted by atomic mass is 10.1. The van der Waals surface area contributed by atoms with Gasteiger partial charge in [-0.3, -0.25) is 0 Å². The summed E-state index contributed by atoms with van der Waals surface area (Å²) in [6.45, 7) is 4.20. The average molecular weight is 297 g/mol. The standard InChI is InChI=1S/C18H17ClN2/c1-12-11-15-5-3-4-6-17(15)21-18(12)20-13(2)14-7-9-16(19)10-8-14/h3-11,13H,1-2H3,(H,20,21). The number of aryl methyl sites for hydroxylation is 1. The molecule has 21 heavy (non-hydrogen) atoms. The van der Waals surface area contributed by atoms with E-state index < -0.39 is 0 Å². The van der Waals surface area contributed by atoms with Gasteiger partial charge in [0.15, 0.2) is 0 Å². The summed E-state index contributed by atoms with van der Waals surface area (Å²) in [5, 5.41) is 5.41. The highest BCUT2D eigenvalue weighted by Crippen LogP contribution is 2.24. The number of rotatable bonds is 3.